The fourth-order valence-electron chi connectivity index (χ4n) is 2.64. The molecule has 0 saturated heterocycles. The number of amidine groups is 1. The van der Waals surface area contributed by atoms with E-state index in [0.29, 0.717) is 23.5 Å². The van der Waals surface area contributed by atoms with Gasteiger partial charge in [0.25, 0.3) is 0 Å². The van der Waals surface area contributed by atoms with Crippen LogP contribution in [0.3, 0.4) is 0 Å². The lowest BCUT2D eigenvalue weighted by Crippen LogP contribution is -2.34. The summed E-state index contributed by atoms with van der Waals surface area (Å²) in [5.74, 6) is -0.891. The Balaban J connectivity index is 2.53. The molecule has 26 heavy (non-hydrogen) atoms. The summed E-state index contributed by atoms with van der Waals surface area (Å²) in [6, 6.07) is 5.88. The monoisotopic (exact) mass is 356 g/mol. The van der Waals surface area contributed by atoms with Crippen molar-refractivity contribution in [1.29, 1.82) is 0 Å². The molecule has 1 aromatic heterocycles. The number of hydrogen-bond acceptors (Lipinski definition) is 3. The zero-order valence-electron chi connectivity index (χ0n) is 14.7. The van der Waals surface area contributed by atoms with E-state index in [1.807, 2.05) is 11.8 Å². The van der Waals surface area contributed by atoms with Crippen LogP contribution in [0.25, 0.3) is 0 Å². The number of aromatic nitrogens is 2. The Morgan fingerprint density at radius 2 is 2.27 bits per heavy atom. The molecular formula is C19H21FN4O2. The van der Waals surface area contributed by atoms with Crippen LogP contribution < -0.4 is 0 Å². The molecule has 0 aliphatic carbocycles. The number of H-pyrrole nitrogens is 1. The maximum atomic E-state index is 13.7. The fourth-order valence-corrected chi connectivity index (χ4v) is 2.64. The molecule has 1 heterocycles. The van der Waals surface area contributed by atoms with Gasteiger partial charge in [0, 0.05) is 6.54 Å². The molecule has 0 bridgehead atoms. The first-order valence-corrected chi connectivity index (χ1v) is 8.04. The maximum absolute atomic E-state index is 13.7. The zero-order valence-corrected chi connectivity index (χ0v) is 14.7. The van der Waals surface area contributed by atoms with E-state index in [4.69, 9.17) is 0 Å². The van der Waals surface area contributed by atoms with Gasteiger partial charge in [-0.2, -0.15) is 5.10 Å². The van der Waals surface area contributed by atoms with Crippen LogP contribution in [0.1, 0.15) is 35.8 Å². The Bertz CT molecular complexity index is 857. The summed E-state index contributed by atoms with van der Waals surface area (Å²) >= 11 is 0. The molecule has 1 atom stereocenters. The second-order valence-corrected chi connectivity index (χ2v) is 5.67. The Labute approximate surface area is 151 Å². The van der Waals surface area contributed by atoms with Crippen molar-refractivity contribution in [2.75, 3.05) is 6.54 Å². The number of hydrogen-bond donors (Lipinski definition) is 2. The normalized spacial score (nSPS) is 12.5. The first-order chi connectivity index (χ1) is 12.4. The lowest BCUT2D eigenvalue weighted by atomic mass is 10.0. The number of carboxylic acids is 1. The summed E-state index contributed by atoms with van der Waals surface area (Å²) in [5, 5.41) is 15.6. The van der Waals surface area contributed by atoms with Crippen LogP contribution in [0.2, 0.25) is 0 Å². The van der Waals surface area contributed by atoms with E-state index in [0.717, 1.165) is 0 Å². The number of nitrogens with one attached hydrogen (secondary N) is 1. The van der Waals surface area contributed by atoms with Crippen molar-refractivity contribution in [1.82, 2.24) is 15.1 Å². The third-order valence-electron chi connectivity index (χ3n) is 3.81. The Morgan fingerprint density at radius 3 is 2.81 bits per heavy atom. The lowest BCUT2D eigenvalue weighted by molar-refractivity contribution is 0.0698. The Hall–Kier alpha value is -3.22. The third-order valence-corrected chi connectivity index (χ3v) is 3.81. The van der Waals surface area contributed by atoms with Crippen molar-refractivity contribution in [3.05, 3.63) is 72.2 Å². The van der Waals surface area contributed by atoms with Crippen molar-refractivity contribution < 1.29 is 14.3 Å². The number of rotatable bonds is 7. The minimum atomic E-state index is -1.13. The second kappa shape index (κ2) is 8.24. The highest BCUT2D eigenvalue weighted by molar-refractivity contribution is 6.01. The highest BCUT2D eigenvalue weighted by Crippen LogP contribution is 2.26. The third kappa shape index (κ3) is 4.05. The molecule has 1 aromatic carbocycles. The van der Waals surface area contributed by atoms with E-state index < -0.39 is 5.97 Å². The molecule has 0 amide bonds. The minimum absolute atomic E-state index is 0.0410. The van der Waals surface area contributed by atoms with Crippen molar-refractivity contribution in [3.8, 4) is 0 Å². The van der Waals surface area contributed by atoms with E-state index in [1.165, 1.54) is 18.3 Å². The number of nitrogens with zero attached hydrogens (tertiary/aromatic N) is 3. The van der Waals surface area contributed by atoms with Gasteiger partial charge in [-0.3, -0.25) is 5.10 Å². The summed E-state index contributed by atoms with van der Waals surface area (Å²) in [6.07, 6.45) is 2.88. The highest BCUT2D eigenvalue weighted by atomic mass is 19.1. The molecule has 0 unspecified atom stereocenters. The molecule has 6 nitrogen and oxygen atoms in total. The van der Waals surface area contributed by atoms with Crippen LogP contribution in [-0.4, -0.2) is 38.6 Å². The van der Waals surface area contributed by atoms with Gasteiger partial charge >= 0.3 is 5.97 Å². The van der Waals surface area contributed by atoms with E-state index in [9.17, 15) is 14.3 Å². The minimum Gasteiger partial charge on any atom is -0.477 e. The average Bonchev–Trinajstić information content (AvgIpc) is 3.06. The van der Waals surface area contributed by atoms with Gasteiger partial charge in [0.1, 0.15) is 17.2 Å². The number of aliphatic imine (C=N–C) groups is 1. The summed E-state index contributed by atoms with van der Waals surface area (Å²) in [7, 11) is 0. The molecule has 0 radical (unpaired) electrons. The Morgan fingerprint density at radius 1 is 1.54 bits per heavy atom. The predicted octanol–water partition coefficient (Wildman–Crippen LogP) is 4.10. The summed E-state index contributed by atoms with van der Waals surface area (Å²) < 4.78 is 13.7. The van der Waals surface area contributed by atoms with Gasteiger partial charge in [0.05, 0.1) is 12.2 Å². The van der Waals surface area contributed by atoms with Gasteiger partial charge in [-0.1, -0.05) is 24.8 Å². The topological polar surface area (TPSA) is 81.6 Å². The molecule has 136 valence electrons. The van der Waals surface area contributed by atoms with E-state index in [1.54, 1.807) is 25.1 Å². The summed E-state index contributed by atoms with van der Waals surface area (Å²) in [5.41, 5.74) is 1.29. The molecule has 2 N–H and O–H groups in total. The van der Waals surface area contributed by atoms with Gasteiger partial charge in [-0.25, -0.2) is 14.2 Å². The average molecular weight is 356 g/mol. The van der Waals surface area contributed by atoms with Crippen molar-refractivity contribution in [2.24, 2.45) is 4.99 Å². The highest BCUT2D eigenvalue weighted by Gasteiger charge is 2.22. The number of aromatic carboxylic acids is 1. The van der Waals surface area contributed by atoms with Crippen LogP contribution >= 0.6 is 0 Å². The van der Waals surface area contributed by atoms with E-state index in [2.05, 4.69) is 28.3 Å². The van der Waals surface area contributed by atoms with Crippen LogP contribution in [0.5, 0.6) is 0 Å². The molecule has 0 spiro atoms. The Kier molecular flexibility index (Phi) is 6.06. The molecule has 7 heteroatoms. The molecule has 0 aliphatic rings. The molecule has 2 rings (SSSR count). The van der Waals surface area contributed by atoms with Gasteiger partial charge in [0.15, 0.2) is 5.82 Å². The van der Waals surface area contributed by atoms with Gasteiger partial charge in [-0.15, -0.1) is 6.58 Å². The number of benzene rings is 1. The largest absolute Gasteiger partial charge is 0.477 e. The van der Waals surface area contributed by atoms with Gasteiger partial charge in [-0.05, 0) is 37.1 Å². The predicted molar refractivity (Wildman–Crippen MR) is 99.2 cm³/mol. The summed E-state index contributed by atoms with van der Waals surface area (Å²) in [6.45, 7) is 12.0. The number of carboxylic acid groups (broad SMARTS) is 1. The molecule has 0 fully saturated rings. The van der Waals surface area contributed by atoms with E-state index >= 15 is 0 Å². The van der Waals surface area contributed by atoms with Crippen LogP contribution in [0.15, 0.2) is 60.3 Å². The number of aromatic amines is 1. The number of carbonyl (C=O) groups is 1. The van der Waals surface area contributed by atoms with Crippen LogP contribution in [-0.2, 0) is 0 Å². The van der Waals surface area contributed by atoms with Crippen LogP contribution in [0.4, 0.5) is 10.2 Å². The van der Waals surface area contributed by atoms with Gasteiger partial charge < -0.3 is 10.0 Å². The van der Waals surface area contributed by atoms with Crippen LogP contribution in [0, 0.1) is 5.82 Å². The SMILES string of the molecule is C=C[C@H](c1cccc(F)c1)N(CC)C(=Nc1[nH]ncc1C(=O)O)C(=C)C. The second-order valence-electron chi connectivity index (χ2n) is 5.67. The molecule has 2 aromatic rings. The van der Waals surface area contributed by atoms with Crippen molar-refractivity contribution in [3.63, 3.8) is 0 Å². The van der Waals surface area contributed by atoms with Crippen molar-refractivity contribution >= 4 is 17.6 Å². The number of likely N-dealkylation sites (N-methyl/N-ethyl adjacent to an activating group) is 1. The maximum Gasteiger partial charge on any atom is 0.341 e. The van der Waals surface area contributed by atoms with E-state index in [-0.39, 0.29) is 23.2 Å². The number of halogens is 1. The fraction of sp³-hybridized carbons (Fsp3) is 0.211. The summed E-state index contributed by atoms with van der Waals surface area (Å²) in [4.78, 5) is 17.6. The van der Waals surface area contributed by atoms with Gasteiger partial charge in [0.2, 0.25) is 0 Å². The molecule has 0 aliphatic heterocycles. The van der Waals surface area contributed by atoms with Crippen molar-refractivity contribution in [2.45, 2.75) is 19.9 Å². The first-order valence-electron chi connectivity index (χ1n) is 8.04. The quantitative estimate of drug-likeness (QED) is 0.444. The lowest BCUT2D eigenvalue weighted by Gasteiger charge is -2.32. The standard InChI is InChI=1S/C19H21FN4O2/c1-5-16(13-8-7-9-14(20)10-13)24(6-2)18(12(3)4)22-17-15(19(25)26)11-21-23-17/h5,7-11,16H,1,3,6H2,2,4H3,(H,21,23)(H,25,26)/t16-/m1/s1. The smallest absolute Gasteiger partial charge is 0.341 e. The molecule has 0 saturated carbocycles. The molecular weight excluding hydrogens is 335 g/mol. The zero-order chi connectivity index (χ0) is 19.3. The first kappa shape index (κ1) is 19.1.